The number of nitrogens with one attached hydrogen (secondary N) is 1. The van der Waals surface area contributed by atoms with Crippen LogP contribution in [0.15, 0.2) is 18.0 Å². The number of rotatable bonds is 6. The zero-order chi connectivity index (χ0) is 10.3. The maximum Gasteiger partial charge on any atom is 0.366 e. The first kappa shape index (κ1) is 11.4. The zero-order valence-corrected chi connectivity index (χ0v) is 7.48. The van der Waals surface area contributed by atoms with E-state index >= 15 is 0 Å². The summed E-state index contributed by atoms with van der Waals surface area (Å²) in [5.74, 6) is -1.23. The fraction of sp³-hybridized carbons (Fsp3) is 0.429. The summed E-state index contributed by atoms with van der Waals surface area (Å²) in [7, 11) is 0. The maximum absolute atomic E-state index is 10.4. The number of carboxylic acids is 1. The summed E-state index contributed by atoms with van der Waals surface area (Å²) in [6, 6.07) is 0. The normalized spacial score (nSPS) is 11.2. The highest BCUT2D eigenvalue weighted by molar-refractivity contribution is 5.78. The van der Waals surface area contributed by atoms with E-state index in [2.05, 4.69) is 26.9 Å². The number of hydroxylamine groups is 1. The Hall–Kier alpha value is -1.56. The van der Waals surface area contributed by atoms with Crippen molar-refractivity contribution in [1.82, 2.24) is 5.48 Å². The van der Waals surface area contributed by atoms with Crippen LogP contribution in [-0.2, 0) is 14.5 Å². The third-order valence-corrected chi connectivity index (χ3v) is 0.823. The summed E-state index contributed by atoms with van der Waals surface area (Å²) < 4.78 is 0. The van der Waals surface area contributed by atoms with Crippen LogP contribution in [0.25, 0.3) is 0 Å². The second kappa shape index (κ2) is 6.01. The average Bonchev–Trinajstić information content (AvgIpc) is 2.03. The molecule has 0 aliphatic heterocycles. The monoisotopic (exact) mass is 188 g/mol. The van der Waals surface area contributed by atoms with Gasteiger partial charge in [0.2, 0.25) is 0 Å². The average molecular weight is 188 g/mol. The Balaban J connectivity index is 4.02. The van der Waals surface area contributed by atoms with E-state index in [1.54, 1.807) is 13.8 Å². The molecule has 0 spiro atoms. The Morgan fingerprint density at radius 3 is 2.69 bits per heavy atom. The predicted molar refractivity (Wildman–Crippen MR) is 45.7 cm³/mol. The highest BCUT2D eigenvalue weighted by atomic mass is 16.7. The molecule has 1 atom stereocenters. The first-order valence-electron chi connectivity index (χ1n) is 3.50. The Morgan fingerprint density at radius 2 is 2.31 bits per heavy atom. The Morgan fingerprint density at radius 1 is 1.69 bits per heavy atom. The second-order valence-corrected chi connectivity index (χ2v) is 2.26. The van der Waals surface area contributed by atoms with Gasteiger partial charge in [-0.25, -0.2) is 4.79 Å². The lowest BCUT2D eigenvalue weighted by molar-refractivity contribution is -0.161. The van der Waals surface area contributed by atoms with E-state index in [-0.39, 0.29) is 0 Å². The fourth-order valence-electron chi connectivity index (χ4n) is 0.385. The Labute approximate surface area is 75.8 Å². The predicted octanol–water partition coefficient (Wildman–Crippen LogP) is 0.474. The standard InChI is InChI=1S/C7H12N2O4/c1-4-12-9-6(7(10)11)13-8-5(2)3/h4,6,9H,1H2,2-3H3,(H,10,11)/t6-/m1/s1. The molecule has 0 bridgehead atoms. The van der Waals surface area contributed by atoms with Crippen LogP contribution in [0.1, 0.15) is 13.8 Å². The summed E-state index contributed by atoms with van der Waals surface area (Å²) in [4.78, 5) is 19.4. The number of nitrogens with zero attached hydrogens (tertiary/aromatic N) is 1. The van der Waals surface area contributed by atoms with Crippen LogP contribution in [0.3, 0.4) is 0 Å². The van der Waals surface area contributed by atoms with Gasteiger partial charge in [-0.2, -0.15) is 0 Å². The number of hydrogen-bond acceptors (Lipinski definition) is 5. The highest BCUT2D eigenvalue weighted by Crippen LogP contribution is 1.90. The lowest BCUT2D eigenvalue weighted by atomic mass is 10.5. The number of oxime groups is 1. The van der Waals surface area contributed by atoms with Crippen molar-refractivity contribution < 1.29 is 19.6 Å². The minimum absolute atomic E-state index is 0.603. The summed E-state index contributed by atoms with van der Waals surface area (Å²) in [6.07, 6.45) is -0.296. The zero-order valence-electron chi connectivity index (χ0n) is 7.48. The van der Waals surface area contributed by atoms with Crippen molar-refractivity contribution in [1.29, 1.82) is 0 Å². The van der Waals surface area contributed by atoms with E-state index < -0.39 is 12.2 Å². The molecule has 0 aromatic heterocycles. The van der Waals surface area contributed by atoms with Crippen molar-refractivity contribution in [2.75, 3.05) is 0 Å². The van der Waals surface area contributed by atoms with Gasteiger partial charge in [0.15, 0.2) is 0 Å². The molecule has 6 nitrogen and oxygen atoms in total. The molecule has 0 saturated heterocycles. The van der Waals surface area contributed by atoms with Crippen LogP contribution in [0, 0.1) is 0 Å². The molecule has 0 radical (unpaired) electrons. The van der Waals surface area contributed by atoms with Gasteiger partial charge >= 0.3 is 12.2 Å². The lowest BCUT2D eigenvalue weighted by Crippen LogP contribution is -2.37. The summed E-state index contributed by atoms with van der Waals surface area (Å²) >= 11 is 0. The van der Waals surface area contributed by atoms with E-state index in [4.69, 9.17) is 5.11 Å². The van der Waals surface area contributed by atoms with Gasteiger partial charge in [0, 0.05) is 0 Å². The van der Waals surface area contributed by atoms with Gasteiger partial charge in [-0.15, -0.1) is 5.48 Å². The van der Waals surface area contributed by atoms with Crippen molar-refractivity contribution in [2.24, 2.45) is 5.16 Å². The fourth-order valence-corrected chi connectivity index (χ4v) is 0.385. The molecule has 0 unspecified atom stereocenters. The van der Waals surface area contributed by atoms with Crippen molar-refractivity contribution in [2.45, 2.75) is 20.1 Å². The quantitative estimate of drug-likeness (QED) is 0.274. The summed E-state index contributed by atoms with van der Waals surface area (Å²) in [6.45, 7) is 6.57. The lowest BCUT2D eigenvalue weighted by Gasteiger charge is -2.10. The van der Waals surface area contributed by atoms with Crippen molar-refractivity contribution in [3.63, 3.8) is 0 Å². The van der Waals surface area contributed by atoms with Crippen LogP contribution in [0.5, 0.6) is 0 Å². The molecule has 74 valence electrons. The molecule has 0 aromatic carbocycles. The number of hydrogen-bond donors (Lipinski definition) is 2. The van der Waals surface area contributed by atoms with Crippen LogP contribution in [0.4, 0.5) is 0 Å². The van der Waals surface area contributed by atoms with Crippen LogP contribution in [-0.4, -0.2) is 23.0 Å². The molecule has 0 fully saturated rings. The van der Waals surface area contributed by atoms with Crippen LogP contribution < -0.4 is 5.48 Å². The van der Waals surface area contributed by atoms with Crippen LogP contribution >= 0.6 is 0 Å². The molecule has 0 amide bonds. The molecule has 0 rings (SSSR count). The smallest absolute Gasteiger partial charge is 0.366 e. The second-order valence-electron chi connectivity index (χ2n) is 2.26. The minimum atomic E-state index is -1.34. The van der Waals surface area contributed by atoms with Crippen molar-refractivity contribution in [3.05, 3.63) is 12.8 Å². The molecule has 13 heavy (non-hydrogen) atoms. The van der Waals surface area contributed by atoms with E-state index in [0.717, 1.165) is 6.26 Å². The van der Waals surface area contributed by atoms with Crippen molar-refractivity contribution in [3.8, 4) is 0 Å². The number of aliphatic carboxylic acids is 1. The van der Waals surface area contributed by atoms with Gasteiger partial charge in [0.25, 0.3) is 0 Å². The van der Waals surface area contributed by atoms with Gasteiger partial charge in [-0.3, -0.25) is 0 Å². The molecule has 0 aromatic rings. The van der Waals surface area contributed by atoms with E-state index in [9.17, 15) is 4.79 Å². The Bertz CT molecular complexity index is 211. The van der Waals surface area contributed by atoms with E-state index in [0.29, 0.717) is 5.71 Å². The first-order chi connectivity index (χ1) is 6.07. The molecular weight excluding hydrogens is 176 g/mol. The third kappa shape index (κ3) is 5.68. The van der Waals surface area contributed by atoms with Crippen molar-refractivity contribution >= 4 is 11.7 Å². The highest BCUT2D eigenvalue weighted by Gasteiger charge is 2.18. The molecule has 6 heteroatoms. The van der Waals surface area contributed by atoms with E-state index in [1.165, 1.54) is 0 Å². The number of carboxylic acid groups (broad SMARTS) is 1. The van der Waals surface area contributed by atoms with Gasteiger partial charge in [0.05, 0.1) is 5.71 Å². The molecule has 0 heterocycles. The largest absolute Gasteiger partial charge is 0.477 e. The van der Waals surface area contributed by atoms with Crippen LogP contribution in [0.2, 0.25) is 0 Å². The van der Waals surface area contributed by atoms with Gasteiger partial charge in [0.1, 0.15) is 6.26 Å². The summed E-state index contributed by atoms with van der Waals surface area (Å²) in [5.41, 5.74) is 2.68. The molecule has 0 aliphatic carbocycles. The van der Waals surface area contributed by atoms with E-state index in [1.807, 2.05) is 0 Å². The molecular formula is C7H12N2O4. The summed E-state index contributed by atoms with van der Waals surface area (Å²) in [5, 5.41) is 12.0. The molecule has 0 aliphatic rings. The SMILES string of the molecule is C=CON[C@H](ON=C(C)C)C(=O)O. The van der Waals surface area contributed by atoms with Gasteiger partial charge < -0.3 is 14.8 Å². The first-order valence-corrected chi connectivity index (χ1v) is 3.50. The third-order valence-electron chi connectivity index (χ3n) is 0.823. The van der Waals surface area contributed by atoms with Gasteiger partial charge in [-0.1, -0.05) is 11.7 Å². The molecule has 2 N–H and O–H groups in total. The maximum atomic E-state index is 10.4. The topological polar surface area (TPSA) is 80.1 Å². The molecule has 0 saturated carbocycles. The Kier molecular flexibility index (Phi) is 5.29. The number of carbonyl (C=O) groups is 1. The minimum Gasteiger partial charge on any atom is -0.477 e. The van der Waals surface area contributed by atoms with Gasteiger partial charge in [-0.05, 0) is 13.8 Å².